The fourth-order valence-electron chi connectivity index (χ4n) is 2.40. The molecule has 1 saturated heterocycles. The van der Waals surface area contributed by atoms with Gasteiger partial charge < -0.3 is 5.73 Å². The number of nitrogens with zero attached hydrogens (tertiary/aromatic N) is 1. The van der Waals surface area contributed by atoms with Gasteiger partial charge in [-0.2, -0.15) is 16.1 Å². The molecule has 0 aromatic heterocycles. The second kappa shape index (κ2) is 6.24. The Morgan fingerprint density at radius 2 is 2.10 bits per heavy atom. The predicted molar refractivity (Wildman–Crippen MR) is 92.3 cm³/mol. The van der Waals surface area contributed by atoms with Gasteiger partial charge in [0.2, 0.25) is 10.0 Å². The molecule has 1 heterocycles. The van der Waals surface area contributed by atoms with Crippen molar-refractivity contribution in [2.75, 3.05) is 12.3 Å². The van der Waals surface area contributed by atoms with E-state index in [0.717, 1.165) is 5.75 Å². The van der Waals surface area contributed by atoms with E-state index in [1.54, 1.807) is 41.2 Å². The molecule has 4 nitrogen and oxygen atoms in total. The fourth-order valence-corrected chi connectivity index (χ4v) is 5.78. The average molecular weight is 345 g/mol. The highest BCUT2D eigenvalue weighted by atomic mass is 32.2. The van der Waals surface area contributed by atoms with Crippen LogP contribution in [0.5, 0.6) is 0 Å². The third-order valence-electron chi connectivity index (χ3n) is 3.89. The first-order valence-corrected chi connectivity index (χ1v) is 9.68. The molecule has 0 spiro atoms. The Morgan fingerprint density at radius 1 is 1.43 bits per heavy atom. The Hall–Kier alpha value is -0.630. The zero-order chi connectivity index (χ0) is 15.8. The maximum atomic E-state index is 13.0. The smallest absolute Gasteiger partial charge is 0.243 e. The number of nitrogens with two attached hydrogens (primary N) is 1. The summed E-state index contributed by atoms with van der Waals surface area (Å²) in [4.78, 5) is 0.515. The van der Waals surface area contributed by atoms with E-state index in [-0.39, 0.29) is 16.3 Å². The van der Waals surface area contributed by atoms with Gasteiger partial charge in [0.1, 0.15) is 4.99 Å². The van der Waals surface area contributed by atoms with Crippen molar-refractivity contribution in [1.29, 1.82) is 0 Å². The van der Waals surface area contributed by atoms with Crippen LogP contribution < -0.4 is 5.73 Å². The van der Waals surface area contributed by atoms with Gasteiger partial charge in [-0.05, 0) is 25.5 Å². The van der Waals surface area contributed by atoms with Gasteiger partial charge in [0.15, 0.2) is 0 Å². The lowest BCUT2D eigenvalue weighted by atomic mass is 10.1. The number of thioether (sulfide) groups is 1. The van der Waals surface area contributed by atoms with Gasteiger partial charge in [-0.25, -0.2) is 8.42 Å². The lowest BCUT2D eigenvalue weighted by Crippen LogP contribution is -2.48. The number of aryl methyl sites for hydroxylation is 1. The molecule has 2 rings (SSSR count). The summed E-state index contributed by atoms with van der Waals surface area (Å²) in [5.74, 6) is 0.818. The van der Waals surface area contributed by atoms with Crippen molar-refractivity contribution < 1.29 is 8.42 Å². The van der Waals surface area contributed by atoms with Crippen molar-refractivity contribution in [2.24, 2.45) is 5.73 Å². The molecule has 2 unspecified atom stereocenters. The van der Waals surface area contributed by atoms with Crippen LogP contribution in [-0.4, -0.2) is 41.3 Å². The van der Waals surface area contributed by atoms with Crippen LogP contribution in [0.1, 0.15) is 25.0 Å². The molecule has 2 N–H and O–H groups in total. The minimum Gasteiger partial charge on any atom is -0.389 e. The lowest BCUT2D eigenvalue weighted by Gasteiger charge is -2.36. The van der Waals surface area contributed by atoms with Crippen molar-refractivity contribution >= 4 is 39.0 Å². The quantitative estimate of drug-likeness (QED) is 0.851. The highest BCUT2D eigenvalue weighted by molar-refractivity contribution is 8.00. The normalized spacial score (nSPS) is 24.0. The van der Waals surface area contributed by atoms with Crippen molar-refractivity contribution in [2.45, 2.75) is 37.0 Å². The van der Waals surface area contributed by atoms with E-state index < -0.39 is 10.0 Å². The number of hydrogen-bond acceptors (Lipinski definition) is 4. The first-order chi connectivity index (χ1) is 9.75. The van der Waals surface area contributed by atoms with Crippen molar-refractivity contribution in [1.82, 2.24) is 4.31 Å². The summed E-state index contributed by atoms with van der Waals surface area (Å²) in [6.07, 6.45) is 0. The van der Waals surface area contributed by atoms with E-state index in [0.29, 0.717) is 22.6 Å². The van der Waals surface area contributed by atoms with Gasteiger partial charge in [0, 0.05) is 29.2 Å². The Morgan fingerprint density at radius 3 is 2.71 bits per heavy atom. The largest absolute Gasteiger partial charge is 0.389 e. The monoisotopic (exact) mass is 344 g/mol. The van der Waals surface area contributed by atoms with E-state index in [2.05, 4.69) is 6.92 Å². The predicted octanol–water partition coefficient (Wildman–Crippen LogP) is 2.14. The highest BCUT2D eigenvalue weighted by Crippen LogP contribution is 2.30. The summed E-state index contributed by atoms with van der Waals surface area (Å²) >= 11 is 6.76. The molecule has 1 fully saturated rings. The summed E-state index contributed by atoms with van der Waals surface area (Å²) in [6.45, 7) is 6.36. The fraction of sp³-hybridized carbons (Fsp3) is 0.500. The van der Waals surface area contributed by atoms with E-state index in [4.69, 9.17) is 18.0 Å². The van der Waals surface area contributed by atoms with Gasteiger partial charge in [-0.3, -0.25) is 0 Å². The first-order valence-electron chi connectivity index (χ1n) is 6.79. The molecule has 0 radical (unpaired) electrons. The van der Waals surface area contributed by atoms with Crippen LogP contribution >= 0.6 is 24.0 Å². The second-order valence-electron chi connectivity index (χ2n) is 5.28. The standard InChI is InChI=1S/C14H20N2O2S3/c1-9-4-5-12(14(15)19)8-13(9)21(17,18)16-6-7-20-11(3)10(16)2/h4-5,8,10-11H,6-7H2,1-3H3,(H2,15,19). The number of hydrogen-bond donors (Lipinski definition) is 1. The number of rotatable bonds is 3. The first kappa shape index (κ1) is 16.7. The zero-order valence-electron chi connectivity index (χ0n) is 12.4. The maximum Gasteiger partial charge on any atom is 0.243 e. The molecule has 0 aliphatic carbocycles. The van der Waals surface area contributed by atoms with E-state index in [1.165, 1.54) is 0 Å². The molecule has 116 valence electrons. The molecule has 1 aromatic rings. The van der Waals surface area contributed by atoms with E-state index >= 15 is 0 Å². The summed E-state index contributed by atoms with van der Waals surface area (Å²) < 4.78 is 27.5. The Labute approximate surface area is 136 Å². The maximum absolute atomic E-state index is 13.0. The van der Waals surface area contributed by atoms with Gasteiger partial charge >= 0.3 is 0 Å². The summed E-state index contributed by atoms with van der Waals surface area (Å²) in [5.41, 5.74) is 6.92. The van der Waals surface area contributed by atoms with Crippen molar-refractivity contribution in [3.05, 3.63) is 29.3 Å². The van der Waals surface area contributed by atoms with Crippen LogP contribution in [0.25, 0.3) is 0 Å². The summed E-state index contributed by atoms with van der Waals surface area (Å²) in [7, 11) is -3.53. The van der Waals surface area contributed by atoms with Crippen LogP contribution in [0.3, 0.4) is 0 Å². The summed E-state index contributed by atoms with van der Waals surface area (Å²) in [5, 5.41) is 0.285. The Kier molecular flexibility index (Phi) is 4.97. The van der Waals surface area contributed by atoms with Crippen molar-refractivity contribution in [3.63, 3.8) is 0 Å². The third kappa shape index (κ3) is 3.26. The topological polar surface area (TPSA) is 63.4 Å². The molecular formula is C14H20N2O2S3. The number of thiocarbonyl (C=S) groups is 1. The molecular weight excluding hydrogens is 324 g/mol. The second-order valence-corrected chi connectivity index (χ2v) is 9.06. The van der Waals surface area contributed by atoms with Crippen molar-refractivity contribution in [3.8, 4) is 0 Å². The molecule has 1 aromatic carbocycles. The van der Waals surface area contributed by atoms with Crippen LogP contribution in [-0.2, 0) is 10.0 Å². The molecule has 1 aliphatic heterocycles. The SMILES string of the molecule is Cc1ccc(C(N)=S)cc1S(=O)(=O)N1CCSC(C)C1C. The van der Waals surface area contributed by atoms with Crippen LogP contribution in [0.2, 0.25) is 0 Å². The van der Waals surface area contributed by atoms with Crippen LogP contribution in [0.15, 0.2) is 23.1 Å². The van der Waals surface area contributed by atoms with Crippen LogP contribution in [0, 0.1) is 6.92 Å². The molecule has 7 heteroatoms. The molecule has 0 saturated carbocycles. The molecule has 0 amide bonds. The van der Waals surface area contributed by atoms with Crippen LogP contribution in [0.4, 0.5) is 0 Å². The van der Waals surface area contributed by atoms with E-state index in [9.17, 15) is 8.42 Å². The minimum atomic E-state index is -3.53. The zero-order valence-corrected chi connectivity index (χ0v) is 14.8. The lowest BCUT2D eigenvalue weighted by molar-refractivity contribution is 0.340. The van der Waals surface area contributed by atoms with E-state index in [1.807, 2.05) is 6.92 Å². The number of sulfonamides is 1. The van der Waals surface area contributed by atoms with Gasteiger partial charge in [-0.1, -0.05) is 31.3 Å². The molecule has 0 bridgehead atoms. The molecule has 21 heavy (non-hydrogen) atoms. The average Bonchev–Trinajstić information content (AvgIpc) is 2.41. The number of benzene rings is 1. The molecule has 1 aliphatic rings. The summed E-state index contributed by atoms with van der Waals surface area (Å²) in [6, 6.07) is 5.08. The van der Waals surface area contributed by atoms with Gasteiger partial charge in [-0.15, -0.1) is 0 Å². The minimum absolute atomic E-state index is 0.0263. The third-order valence-corrected chi connectivity index (χ3v) is 7.59. The van der Waals surface area contributed by atoms with Gasteiger partial charge in [0.25, 0.3) is 0 Å². The highest BCUT2D eigenvalue weighted by Gasteiger charge is 2.35. The Bertz CT molecular complexity index is 658. The van der Waals surface area contributed by atoms with Gasteiger partial charge in [0.05, 0.1) is 4.90 Å². The molecule has 2 atom stereocenters. The Balaban J connectivity index is 2.48.